The van der Waals surface area contributed by atoms with Gasteiger partial charge in [0.2, 0.25) is 0 Å². The molecule has 2 aromatic carbocycles. The summed E-state index contributed by atoms with van der Waals surface area (Å²) in [6, 6.07) is 11.8. The van der Waals surface area contributed by atoms with E-state index in [0.717, 1.165) is 5.56 Å². The molecule has 0 N–H and O–H groups in total. The highest BCUT2D eigenvalue weighted by Crippen LogP contribution is 2.32. The fraction of sp³-hybridized carbons (Fsp3) is 0.394. The summed E-state index contributed by atoms with van der Waals surface area (Å²) < 4.78 is 29.9. The summed E-state index contributed by atoms with van der Waals surface area (Å²) in [5.74, 6) is 0.899. The number of morpholine rings is 1. The Labute approximate surface area is 265 Å². The van der Waals surface area contributed by atoms with Crippen molar-refractivity contribution in [3.05, 3.63) is 84.5 Å². The summed E-state index contributed by atoms with van der Waals surface area (Å²) in [7, 11) is 1.58. The average Bonchev–Trinajstić information content (AvgIpc) is 3.33. The van der Waals surface area contributed by atoms with Crippen molar-refractivity contribution in [2.45, 2.75) is 39.8 Å². The van der Waals surface area contributed by atoms with Gasteiger partial charge in [0.1, 0.15) is 5.75 Å². The molecule has 45 heavy (non-hydrogen) atoms. The molecule has 1 fully saturated rings. The van der Waals surface area contributed by atoms with Crippen molar-refractivity contribution in [1.29, 1.82) is 0 Å². The van der Waals surface area contributed by atoms with Crippen molar-refractivity contribution in [2.75, 3.05) is 46.6 Å². The first-order chi connectivity index (χ1) is 21.7. The molecule has 238 valence electrons. The summed E-state index contributed by atoms with van der Waals surface area (Å²) in [5.41, 5.74) is 1.92. The van der Waals surface area contributed by atoms with Crippen LogP contribution in [0.1, 0.15) is 44.9 Å². The van der Waals surface area contributed by atoms with E-state index in [1.807, 2.05) is 19.1 Å². The molecule has 0 radical (unpaired) electrons. The molecule has 3 heterocycles. The first-order valence-corrected chi connectivity index (χ1v) is 15.6. The predicted octanol–water partition coefficient (Wildman–Crippen LogP) is 2.83. The van der Waals surface area contributed by atoms with Crippen molar-refractivity contribution < 1.29 is 33.3 Å². The van der Waals surface area contributed by atoms with Crippen molar-refractivity contribution in [3.8, 4) is 17.2 Å². The van der Waals surface area contributed by atoms with Crippen LogP contribution in [0.3, 0.4) is 0 Å². The summed E-state index contributed by atoms with van der Waals surface area (Å²) >= 11 is 1.23. The first-order valence-electron chi connectivity index (χ1n) is 14.8. The lowest BCUT2D eigenvalue weighted by molar-refractivity contribution is -0.143. The Hall–Kier alpha value is -4.42. The number of carbonyl (C=O) groups is 2. The van der Waals surface area contributed by atoms with Crippen molar-refractivity contribution in [3.63, 3.8) is 0 Å². The second-order valence-electron chi connectivity index (χ2n) is 10.7. The van der Waals surface area contributed by atoms with E-state index in [-0.39, 0.29) is 24.2 Å². The molecule has 1 amide bonds. The molecular formula is C33H37N3O8S. The van der Waals surface area contributed by atoms with E-state index < -0.39 is 12.0 Å². The van der Waals surface area contributed by atoms with Crippen LogP contribution in [0.4, 0.5) is 0 Å². The monoisotopic (exact) mass is 635 g/mol. The number of thiazole rings is 1. The average molecular weight is 636 g/mol. The Bertz CT molecular complexity index is 1770. The van der Waals surface area contributed by atoms with Gasteiger partial charge in [0, 0.05) is 13.1 Å². The fourth-order valence-corrected chi connectivity index (χ4v) is 6.21. The summed E-state index contributed by atoms with van der Waals surface area (Å²) in [6.45, 7) is 9.53. The SMILES string of the molecule is CCOc1cc(/C=c2/sc3n(c2=O)[C@@H](c2ccc(OC)cc2)C(C(=O)OC(C)C)=C(C)N=3)ccc1OCC(=O)N1CCOCC1. The molecule has 0 spiro atoms. The number of hydrogen-bond donors (Lipinski definition) is 0. The van der Waals surface area contributed by atoms with Gasteiger partial charge in [-0.15, -0.1) is 0 Å². The topological polar surface area (TPSA) is 118 Å². The summed E-state index contributed by atoms with van der Waals surface area (Å²) in [6.07, 6.45) is 1.41. The largest absolute Gasteiger partial charge is 0.497 e. The normalized spacial score (nSPS) is 16.7. The maximum atomic E-state index is 14.0. The van der Waals surface area contributed by atoms with E-state index in [4.69, 9.17) is 23.7 Å². The number of nitrogens with zero attached hydrogens (tertiary/aromatic N) is 3. The van der Waals surface area contributed by atoms with Crippen molar-refractivity contribution >= 4 is 29.3 Å². The van der Waals surface area contributed by atoms with Crippen LogP contribution in [0.15, 0.2) is 63.5 Å². The number of aromatic nitrogens is 1. The van der Waals surface area contributed by atoms with E-state index in [0.29, 0.717) is 76.3 Å². The third-order valence-corrected chi connectivity index (χ3v) is 8.28. The number of hydrogen-bond acceptors (Lipinski definition) is 10. The van der Waals surface area contributed by atoms with E-state index in [1.54, 1.807) is 73.8 Å². The third kappa shape index (κ3) is 7.12. The van der Waals surface area contributed by atoms with Crippen LogP contribution in [0, 0.1) is 0 Å². The van der Waals surface area contributed by atoms with Gasteiger partial charge in [0.15, 0.2) is 22.9 Å². The Morgan fingerprint density at radius 2 is 1.82 bits per heavy atom. The highest BCUT2D eigenvalue weighted by Gasteiger charge is 2.34. The number of allylic oxidation sites excluding steroid dienone is 1. The van der Waals surface area contributed by atoms with Crippen molar-refractivity contribution in [2.24, 2.45) is 4.99 Å². The lowest BCUT2D eigenvalue weighted by Crippen LogP contribution is -2.43. The van der Waals surface area contributed by atoms with Gasteiger partial charge >= 0.3 is 5.97 Å². The molecule has 0 bridgehead atoms. The highest BCUT2D eigenvalue weighted by molar-refractivity contribution is 7.07. The zero-order valence-electron chi connectivity index (χ0n) is 26.0. The molecule has 0 unspecified atom stereocenters. The second-order valence-corrected chi connectivity index (χ2v) is 11.7. The number of ether oxygens (including phenoxy) is 5. The minimum atomic E-state index is -0.737. The van der Waals surface area contributed by atoms with Crippen LogP contribution in [0.5, 0.6) is 17.2 Å². The number of fused-ring (bicyclic) bond motifs is 1. The minimum Gasteiger partial charge on any atom is -0.497 e. The molecule has 2 aliphatic rings. The molecule has 5 rings (SSSR count). The van der Waals surface area contributed by atoms with Gasteiger partial charge in [-0.3, -0.25) is 14.2 Å². The van der Waals surface area contributed by atoms with Gasteiger partial charge in [-0.25, -0.2) is 9.79 Å². The second kappa shape index (κ2) is 14.1. The predicted molar refractivity (Wildman–Crippen MR) is 168 cm³/mol. The van der Waals surface area contributed by atoms with Gasteiger partial charge in [-0.1, -0.05) is 29.5 Å². The molecule has 12 heteroatoms. The number of benzene rings is 2. The number of amides is 1. The summed E-state index contributed by atoms with van der Waals surface area (Å²) in [5, 5.41) is 0. The van der Waals surface area contributed by atoms with Gasteiger partial charge in [0.05, 0.1) is 54.9 Å². The number of carbonyl (C=O) groups excluding carboxylic acids is 2. The Balaban J connectivity index is 1.51. The van der Waals surface area contributed by atoms with Gasteiger partial charge in [-0.2, -0.15) is 0 Å². The Morgan fingerprint density at radius 1 is 1.09 bits per heavy atom. The zero-order chi connectivity index (χ0) is 32.1. The quantitative estimate of drug-likeness (QED) is 0.312. The summed E-state index contributed by atoms with van der Waals surface area (Å²) in [4.78, 5) is 46.8. The van der Waals surface area contributed by atoms with Crippen LogP contribution in [-0.2, 0) is 19.1 Å². The Kier molecular flexibility index (Phi) is 10.0. The molecular weight excluding hydrogens is 598 g/mol. The van der Waals surface area contributed by atoms with Gasteiger partial charge in [0.25, 0.3) is 11.5 Å². The first kappa shape index (κ1) is 32.0. The highest BCUT2D eigenvalue weighted by atomic mass is 32.1. The standard InChI is InChI=1S/C33H37N3O8S/c1-6-42-26-17-22(7-12-25(26)43-19-28(37)35-13-15-41-16-14-35)18-27-31(38)36-30(23-8-10-24(40-5)11-9-23)29(32(39)44-20(2)3)21(4)34-33(36)45-27/h7-12,17-18,20,30H,6,13-16,19H2,1-5H3/b27-18+/t30-/m0/s1. The molecule has 2 aliphatic heterocycles. The van der Waals surface area contributed by atoms with E-state index in [2.05, 4.69) is 4.99 Å². The maximum absolute atomic E-state index is 14.0. The van der Waals surface area contributed by atoms with Crippen LogP contribution in [0.2, 0.25) is 0 Å². The van der Waals surface area contributed by atoms with Crippen LogP contribution >= 0.6 is 11.3 Å². The lowest BCUT2D eigenvalue weighted by atomic mass is 9.96. The van der Waals surface area contributed by atoms with Crippen LogP contribution in [0.25, 0.3) is 6.08 Å². The molecule has 0 saturated carbocycles. The molecule has 11 nitrogen and oxygen atoms in total. The molecule has 3 aromatic rings. The van der Waals surface area contributed by atoms with Crippen LogP contribution in [-0.4, -0.2) is 74.1 Å². The maximum Gasteiger partial charge on any atom is 0.338 e. The van der Waals surface area contributed by atoms with Gasteiger partial charge in [-0.05, 0) is 69.2 Å². The number of esters is 1. The third-order valence-electron chi connectivity index (χ3n) is 7.30. The van der Waals surface area contributed by atoms with E-state index in [1.165, 1.54) is 11.3 Å². The van der Waals surface area contributed by atoms with Crippen molar-refractivity contribution in [1.82, 2.24) is 9.47 Å². The van der Waals surface area contributed by atoms with E-state index >= 15 is 0 Å². The van der Waals surface area contributed by atoms with Crippen LogP contribution < -0.4 is 29.1 Å². The fourth-order valence-electron chi connectivity index (χ4n) is 5.16. The minimum absolute atomic E-state index is 0.121. The molecule has 0 aliphatic carbocycles. The van der Waals surface area contributed by atoms with E-state index in [9.17, 15) is 14.4 Å². The Morgan fingerprint density at radius 3 is 2.49 bits per heavy atom. The van der Waals surface area contributed by atoms with Gasteiger partial charge < -0.3 is 28.6 Å². The smallest absolute Gasteiger partial charge is 0.338 e. The number of rotatable bonds is 10. The molecule has 1 atom stereocenters. The lowest BCUT2D eigenvalue weighted by Gasteiger charge is -2.26. The number of methoxy groups -OCH3 is 1. The zero-order valence-corrected chi connectivity index (χ0v) is 26.8. The molecule has 1 saturated heterocycles. The molecule has 1 aromatic heterocycles.